The molecule has 1 amide bonds. The maximum absolute atomic E-state index is 11.9. The van der Waals surface area contributed by atoms with E-state index < -0.39 is 11.8 Å². The molecular weight excluding hydrogens is 334 g/mol. The van der Waals surface area contributed by atoms with Gasteiger partial charge in [-0.05, 0) is 19.9 Å². The molecule has 1 heterocycles. The molecule has 0 radical (unpaired) electrons. The number of ketones is 1. The predicted molar refractivity (Wildman–Crippen MR) is 97.9 cm³/mol. The van der Waals surface area contributed by atoms with E-state index in [1.54, 1.807) is 30.3 Å². The third kappa shape index (κ3) is 6.93. The molecule has 1 aromatic carbocycles. The summed E-state index contributed by atoms with van der Waals surface area (Å²) in [6, 6.07) is 8.34. The van der Waals surface area contributed by atoms with Crippen LogP contribution >= 0.6 is 0 Å². The molecule has 1 aliphatic heterocycles. The number of Topliss-reactive ketones (excluding diaryl/α,β-unsaturated/α-hetero) is 1. The number of esters is 1. The van der Waals surface area contributed by atoms with Crippen molar-refractivity contribution in [3.05, 3.63) is 35.9 Å². The maximum atomic E-state index is 11.9. The van der Waals surface area contributed by atoms with Crippen LogP contribution in [0.15, 0.2) is 30.3 Å². The Morgan fingerprint density at radius 3 is 2.42 bits per heavy atom. The summed E-state index contributed by atoms with van der Waals surface area (Å²) in [7, 11) is 2.08. The van der Waals surface area contributed by atoms with Crippen molar-refractivity contribution in [1.29, 1.82) is 0 Å². The summed E-state index contributed by atoms with van der Waals surface area (Å²) in [4.78, 5) is 39.8. The summed E-state index contributed by atoms with van der Waals surface area (Å²) in [5, 5.41) is 2.88. The van der Waals surface area contributed by atoms with E-state index in [1.807, 2.05) is 0 Å². The van der Waals surface area contributed by atoms with Crippen LogP contribution in [0.1, 0.15) is 23.2 Å². The number of rotatable bonds is 9. The second kappa shape index (κ2) is 10.7. The Hall–Kier alpha value is -2.25. The minimum absolute atomic E-state index is 0.0193. The summed E-state index contributed by atoms with van der Waals surface area (Å²) < 4.78 is 4.98. The van der Waals surface area contributed by atoms with Crippen LogP contribution in [0.2, 0.25) is 0 Å². The standard InChI is InChI=1S/C19H27N3O4/c1-21-10-12-22(13-11-21)15-17(23)20-9-5-6-14-26-19(25)18(24)16-7-3-2-4-8-16/h2-4,7-8H,5-6,9-15H2,1H3,(H,20,23). The first-order chi connectivity index (χ1) is 12.6. The highest BCUT2D eigenvalue weighted by Crippen LogP contribution is 2.02. The van der Waals surface area contributed by atoms with E-state index in [-0.39, 0.29) is 12.5 Å². The Labute approximate surface area is 154 Å². The van der Waals surface area contributed by atoms with Gasteiger partial charge in [0, 0.05) is 38.3 Å². The molecule has 1 aromatic rings. The molecule has 1 N–H and O–H groups in total. The minimum atomic E-state index is -0.838. The molecule has 0 unspecified atom stereocenters. The molecule has 0 bridgehead atoms. The third-order valence-electron chi connectivity index (χ3n) is 4.31. The molecular formula is C19H27N3O4. The molecule has 1 fully saturated rings. The van der Waals surface area contributed by atoms with E-state index in [0.29, 0.717) is 31.5 Å². The van der Waals surface area contributed by atoms with Gasteiger partial charge in [-0.1, -0.05) is 30.3 Å². The Bertz CT molecular complexity index is 598. The van der Waals surface area contributed by atoms with Crippen LogP contribution in [0.4, 0.5) is 0 Å². The van der Waals surface area contributed by atoms with Gasteiger partial charge in [0.1, 0.15) is 0 Å². The fourth-order valence-electron chi connectivity index (χ4n) is 2.66. The third-order valence-corrected chi connectivity index (χ3v) is 4.31. The zero-order valence-electron chi connectivity index (χ0n) is 15.3. The van der Waals surface area contributed by atoms with Crippen molar-refractivity contribution in [3.8, 4) is 0 Å². The summed E-state index contributed by atoms with van der Waals surface area (Å²) >= 11 is 0. The molecule has 0 aromatic heterocycles. The second-order valence-electron chi connectivity index (χ2n) is 6.47. The number of nitrogens with zero attached hydrogens (tertiary/aromatic N) is 2. The number of piperazine rings is 1. The number of carbonyl (C=O) groups excluding carboxylic acids is 3. The van der Waals surface area contributed by atoms with Gasteiger partial charge in [0.25, 0.3) is 5.78 Å². The van der Waals surface area contributed by atoms with Crippen LogP contribution in [0.3, 0.4) is 0 Å². The van der Waals surface area contributed by atoms with Crippen molar-refractivity contribution in [2.45, 2.75) is 12.8 Å². The van der Waals surface area contributed by atoms with Crippen molar-refractivity contribution in [1.82, 2.24) is 15.1 Å². The lowest BCUT2D eigenvalue weighted by atomic mass is 10.1. The van der Waals surface area contributed by atoms with Gasteiger partial charge < -0.3 is 15.0 Å². The van der Waals surface area contributed by atoms with Crippen molar-refractivity contribution in [3.63, 3.8) is 0 Å². The first-order valence-corrected chi connectivity index (χ1v) is 9.00. The minimum Gasteiger partial charge on any atom is -0.460 e. The molecule has 2 rings (SSSR count). The van der Waals surface area contributed by atoms with Gasteiger partial charge in [-0.3, -0.25) is 14.5 Å². The highest BCUT2D eigenvalue weighted by Gasteiger charge is 2.17. The molecule has 0 atom stereocenters. The Morgan fingerprint density at radius 1 is 1.04 bits per heavy atom. The lowest BCUT2D eigenvalue weighted by molar-refractivity contribution is -0.138. The summed E-state index contributed by atoms with van der Waals surface area (Å²) in [6.07, 6.45) is 1.30. The van der Waals surface area contributed by atoms with Gasteiger partial charge in [-0.15, -0.1) is 0 Å². The number of ether oxygens (including phenoxy) is 1. The molecule has 1 saturated heterocycles. The maximum Gasteiger partial charge on any atom is 0.379 e. The van der Waals surface area contributed by atoms with Crippen molar-refractivity contribution >= 4 is 17.7 Å². The first-order valence-electron chi connectivity index (χ1n) is 9.00. The van der Waals surface area contributed by atoms with E-state index in [4.69, 9.17) is 4.74 Å². The van der Waals surface area contributed by atoms with Crippen molar-refractivity contribution < 1.29 is 19.1 Å². The van der Waals surface area contributed by atoms with Gasteiger partial charge in [0.2, 0.25) is 5.91 Å². The van der Waals surface area contributed by atoms with Crippen LogP contribution < -0.4 is 5.32 Å². The smallest absolute Gasteiger partial charge is 0.379 e. The number of nitrogens with one attached hydrogen (secondary N) is 1. The second-order valence-corrected chi connectivity index (χ2v) is 6.47. The molecule has 0 aliphatic carbocycles. The SMILES string of the molecule is CN1CCN(CC(=O)NCCCCOC(=O)C(=O)c2ccccc2)CC1. The van der Waals surface area contributed by atoms with Gasteiger partial charge >= 0.3 is 5.97 Å². The van der Waals surface area contributed by atoms with E-state index in [0.717, 1.165) is 26.2 Å². The Kier molecular flexibility index (Phi) is 8.24. The van der Waals surface area contributed by atoms with Crippen LogP contribution in [-0.2, 0) is 14.3 Å². The molecule has 0 saturated carbocycles. The molecule has 7 heteroatoms. The van der Waals surface area contributed by atoms with Crippen LogP contribution in [-0.4, -0.2) is 80.4 Å². The lowest BCUT2D eigenvalue weighted by Gasteiger charge is -2.31. The van der Waals surface area contributed by atoms with E-state index in [2.05, 4.69) is 22.2 Å². The van der Waals surface area contributed by atoms with Gasteiger partial charge in [-0.25, -0.2) is 4.79 Å². The number of amides is 1. The molecule has 0 spiro atoms. The molecule has 1 aliphatic rings. The van der Waals surface area contributed by atoms with Gasteiger partial charge in [0.05, 0.1) is 13.2 Å². The van der Waals surface area contributed by atoms with Crippen molar-refractivity contribution in [2.24, 2.45) is 0 Å². The summed E-state index contributed by atoms with van der Waals surface area (Å²) in [6.45, 7) is 4.93. The topological polar surface area (TPSA) is 79.0 Å². The van der Waals surface area contributed by atoms with Crippen LogP contribution in [0.5, 0.6) is 0 Å². The number of hydrogen-bond donors (Lipinski definition) is 1. The monoisotopic (exact) mass is 361 g/mol. The lowest BCUT2D eigenvalue weighted by Crippen LogP contribution is -2.48. The van der Waals surface area contributed by atoms with Gasteiger partial charge in [-0.2, -0.15) is 0 Å². The van der Waals surface area contributed by atoms with Crippen molar-refractivity contribution in [2.75, 3.05) is 52.9 Å². The van der Waals surface area contributed by atoms with E-state index in [9.17, 15) is 14.4 Å². The average molecular weight is 361 g/mol. The van der Waals surface area contributed by atoms with E-state index in [1.165, 1.54) is 0 Å². The zero-order chi connectivity index (χ0) is 18.8. The molecule has 26 heavy (non-hydrogen) atoms. The van der Waals surface area contributed by atoms with Crippen LogP contribution in [0.25, 0.3) is 0 Å². The fraction of sp³-hybridized carbons (Fsp3) is 0.526. The largest absolute Gasteiger partial charge is 0.460 e. The average Bonchev–Trinajstić information content (AvgIpc) is 2.66. The highest BCUT2D eigenvalue weighted by molar-refractivity contribution is 6.40. The Balaban J connectivity index is 1.52. The quantitative estimate of drug-likeness (QED) is 0.300. The number of hydrogen-bond acceptors (Lipinski definition) is 6. The number of carbonyl (C=O) groups is 3. The predicted octanol–water partition coefficient (Wildman–Crippen LogP) is 0.556. The van der Waals surface area contributed by atoms with Crippen LogP contribution in [0, 0.1) is 0 Å². The highest BCUT2D eigenvalue weighted by atomic mass is 16.5. The number of benzene rings is 1. The number of likely N-dealkylation sites (N-methyl/N-ethyl adjacent to an activating group) is 1. The number of unbranched alkanes of at least 4 members (excludes halogenated alkanes) is 1. The Morgan fingerprint density at radius 2 is 1.73 bits per heavy atom. The first kappa shape index (κ1) is 20.1. The normalized spacial score (nSPS) is 15.4. The van der Waals surface area contributed by atoms with E-state index >= 15 is 0 Å². The summed E-state index contributed by atoms with van der Waals surface area (Å²) in [5.74, 6) is -1.45. The van der Waals surface area contributed by atoms with Gasteiger partial charge in [0.15, 0.2) is 0 Å². The summed E-state index contributed by atoms with van der Waals surface area (Å²) in [5.41, 5.74) is 0.327. The zero-order valence-corrected chi connectivity index (χ0v) is 15.3. The molecule has 7 nitrogen and oxygen atoms in total. The fourth-order valence-corrected chi connectivity index (χ4v) is 2.66. The molecule has 142 valence electrons.